The van der Waals surface area contributed by atoms with E-state index in [2.05, 4.69) is 0 Å². The lowest BCUT2D eigenvalue weighted by atomic mass is 9.74. The molecule has 1 heterocycles. The highest BCUT2D eigenvalue weighted by molar-refractivity contribution is 5.77. The maximum Gasteiger partial charge on any atom is 0.311 e. The predicted octanol–water partition coefficient (Wildman–Crippen LogP) is 0.672. The summed E-state index contributed by atoms with van der Waals surface area (Å²) in [5.74, 6) is -1.69. The van der Waals surface area contributed by atoms with Gasteiger partial charge in [-0.2, -0.15) is 0 Å². The summed E-state index contributed by atoms with van der Waals surface area (Å²) in [4.78, 5) is 24.0. The van der Waals surface area contributed by atoms with E-state index in [0.717, 1.165) is 0 Å². The fourth-order valence-corrected chi connectivity index (χ4v) is 3.86. The highest BCUT2D eigenvalue weighted by Gasteiger charge is 2.49. The predicted molar refractivity (Wildman–Crippen MR) is 87.5 cm³/mol. The molecule has 5 atom stereocenters. The van der Waals surface area contributed by atoms with Crippen LogP contribution in [0.4, 0.5) is 0 Å². The monoisotopic (exact) mass is 342 g/mol. The summed E-state index contributed by atoms with van der Waals surface area (Å²) in [6.07, 6.45) is 1.74. The van der Waals surface area contributed by atoms with E-state index in [9.17, 15) is 14.7 Å². The summed E-state index contributed by atoms with van der Waals surface area (Å²) in [5, 5.41) is 9.79. The highest BCUT2D eigenvalue weighted by Crippen LogP contribution is 2.41. The molecule has 0 radical (unpaired) electrons. The van der Waals surface area contributed by atoms with Crippen molar-refractivity contribution >= 4 is 11.9 Å². The van der Waals surface area contributed by atoms with Gasteiger partial charge in [0.05, 0.1) is 17.4 Å². The quantitative estimate of drug-likeness (QED) is 0.606. The summed E-state index contributed by atoms with van der Waals surface area (Å²) >= 11 is 0. The maximum atomic E-state index is 12.4. The zero-order valence-electron chi connectivity index (χ0n) is 14.8. The molecule has 1 saturated carbocycles. The second-order valence-electron chi connectivity index (χ2n) is 7.50. The van der Waals surface area contributed by atoms with Gasteiger partial charge in [-0.3, -0.25) is 9.59 Å². The molecule has 1 aliphatic carbocycles. The van der Waals surface area contributed by atoms with Gasteiger partial charge in [-0.1, -0.05) is 13.8 Å². The van der Waals surface area contributed by atoms with E-state index in [1.807, 2.05) is 13.8 Å². The van der Waals surface area contributed by atoms with E-state index < -0.39 is 17.4 Å². The largest absolute Gasteiger partial charge is 0.463 e. The van der Waals surface area contributed by atoms with Crippen LogP contribution in [0.15, 0.2) is 0 Å². The first-order chi connectivity index (χ1) is 11.1. The van der Waals surface area contributed by atoms with Gasteiger partial charge in [0.15, 0.2) is 0 Å². The van der Waals surface area contributed by atoms with E-state index in [0.29, 0.717) is 32.1 Å². The molecule has 1 aliphatic heterocycles. The average Bonchev–Trinajstić information content (AvgIpc) is 2.85. The molecular formula is C17H30N2O5. The summed E-state index contributed by atoms with van der Waals surface area (Å²) in [5.41, 5.74) is 11.2. The molecule has 4 unspecified atom stereocenters. The Hall–Kier alpha value is -1.18. The Kier molecular flexibility index (Phi) is 5.57. The van der Waals surface area contributed by atoms with Crippen LogP contribution in [0.3, 0.4) is 0 Å². The third kappa shape index (κ3) is 3.43. The van der Waals surface area contributed by atoms with Crippen molar-refractivity contribution in [1.82, 2.24) is 0 Å². The summed E-state index contributed by atoms with van der Waals surface area (Å²) in [7, 11) is 0. The van der Waals surface area contributed by atoms with Crippen LogP contribution in [0.5, 0.6) is 0 Å². The zero-order valence-corrected chi connectivity index (χ0v) is 14.8. The second kappa shape index (κ2) is 6.98. The Labute approximate surface area is 143 Å². The Bertz CT molecular complexity index is 489. The number of rotatable bonds is 6. The topological polar surface area (TPSA) is 125 Å². The maximum absolute atomic E-state index is 12.4. The molecule has 0 bridgehead atoms. The summed E-state index contributed by atoms with van der Waals surface area (Å²) in [6, 6.07) is 0. The van der Waals surface area contributed by atoms with E-state index in [1.54, 1.807) is 6.92 Å². The molecule has 0 aromatic heterocycles. The molecule has 0 aromatic rings. The van der Waals surface area contributed by atoms with Crippen molar-refractivity contribution in [3.05, 3.63) is 0 Å². The number of hydrogen-bond acceptors (Lipinski definition) is 7. The number of carbonyl (C=O) groups excluding carboxylic acids is 2. The van der Waals surface area contributed by atoms with E-state index in [4.69, 9.17) is 20.9 Å². The van der Waals surface area contributed by atoms with Gasteiger partial charge in [0.1, 0.15) is 6.61 Å². The fourth-order valence-electron chi connectivity index (χ4n) is 3.86. The first-order valence-corrected chi connectivity index (χ1v) is 8.78. The number of nitrogens with two attached hydrogens (primary N) is 2. The van der Waals surface area contributed by atoms with Gasteiger partial charge < -0.3 is 26.0 Å². The van der Waals surface area contributed by atoms with Crippen molar-refractivity contribution in [2.45, 2.75) is 70.2 Å². The van der Waals surface area contributed by atoms with Gasteiger partial charge in [-0.25, -0.2) is 0 Å². The third-order valence-corrected chi connectivity index (χ3v) is 6.05. The lowest BCUT2D eigenvalue weighted by Gasteiger charge is -2.42. The van der Waals surface area contributed by atoms with Crippen molar-refractivity contribution < 1.29 is 24.2 Å². The van der Waals surface area contributed by atoms with Crippen LogP contribution >= 0.6 is 0 Å². The minimum absolute atomic E-state index is 0.0482. The number of esters is 2. The summed E-state index contributed by atoms with van der Waals surface area (Å²) < 4.78 is 10.3. The molecule has 1 saturated heterocycles. The van der Waals surface area contributed by atoms with Crippen LogP contribution in [-0.2, 0) is 19.1 Å². The second-order valence-corrected chi connectivity index (χ2v) is 7.50. The Morgan fingerprint density at radius 1 is 1.33 bits per heavy atom. The lowest BCUT2D eigenvalue weighted by Crippen LogP contribution is -2.66. The molecule has 2 rings (SSSR count). The van der Waals surface area contributed by atoms with Gasteiger partial charge in [-0.15, -0.1) is 0 Å². The number of ether oxygens (including phenoxy) is 2. The van der Waals surface area contributed by atoms with Crippen LogP contribution in [0.25, 0.3) is 0 Å². The Morgan fingerprint density at radius 3 is 2.54 bits per heavy atom. The highest BCUT2D eigenvalue weighted by atomic mass is 16.6. The van der Waals surface area contributed by atoms with Gasteiger partial charge in [-0.05, 0) is 39.0 Å². The first-order valence-electron chi connectivity index (χ1n) is 8.78. The van der Waals surface area contributed by atoms with Gasteiger partial charge >= 0.3 is 11.9 Å². The lowest BCUT2D eigenvalue weighted by molar-refractivity contribution is -0.157. The number of aliphatic hydroxyl groups excluding tert-OH is 1. The molecule has 7 heteroatoms. The standard InChI is InChI=1S/C17H30N2O5/c1-4-17(19,5-2)16(3,18)9-23-13(20)10-6-7-11-12(8-10)15(22)24-14(11)21/h10-12,15,22H,4-9,18-19H2,1-3H3/t10?,11?,12?,15?,16-/m1/s1. The molecule has 0 amide bonds. The molecule has 138 valence electrons. The molecule has 7 nitrogen and oxygen atoms in total. The van der Waals surface area contributed by atoms with Crippen molar-refractivity contribution in [2.24, 2.45) is 29.2 Å². The van der Waals surface area contributed by atoms with Gasteiger partial charge in [0, 0.05) is 11.5 Å². The SMILES string of the molecule is CCC(N)(CC)[C@](C)(N)COC(=O)C1CCC2C(=O)OC(O)C2C1. The van der Waals surface area contributed by atoms with Crippen LogP contribution in [0, 0.1) is 17.8 Å². The molecule has 2 fully saturated rings. The number of carbonyl (C=O) groups is 2. The number of aliphatic hydroxyl groups is 1. The zero-order chi connectivity index (χ0) is 18.1. The number of fused-ring (bicyclic) bond motifs is 1. The molecule has 24 heavy (non-hydrogen) atoms. The smallest absolute Gasteiger partial charge is 0.311 e. The van der Waals surface area contributed by atoms with Gasteiger partial charge in [0.2, 0.25) is 6.29 Å². The Balaban J connectivity index is 1.93. The minimum Gasteiger partial charge on any atom is -0.463 e. The first kappa shape index (κ1) is 19.1. The Morgan fingerprint density at radius 2 is 1.96 bits per heavy atom. The van der Waals surface area contributed by atoms with E-state index in [-0.39, 0.29) is 36.3 Å². The minimum atomic E-state index is -1.12. The van der Waals surface area contributed by atoms with E-state index >= 15 is 0 Å². The molecule has 5 N–H and O–H groups in total. The van der Waals surface area contributed by atoms with Crippen LogP contribution in [0.1, 0.15) is 52.9 Å². The van der Waals surface area contributed by atoms with Crippen molar-refractivity contribution in [3.8, 4) is 0 Å². The van der Waals surface area contributed by atoms with Crippen LogP contribution in [0.2, 0.25) is 0 Å². The van der Waals surface area contributed by atoms with Gasteiger partial charge in [0.25, 0.3) is 0 Å². The van der Waals surface area contributed by atoms with Crippen LogP contribution < -0.4 is 11.5 Å². The molecule has 2 aliphatic rings. The van der Waals surface area contributed by atoms with E-state index in [1.165, 1.54) is 0 Å². The fraction of sp³-hybridized carbons (Fsp3) is 0.882. The van der Waals surface area contributed by atoms with Crippen molar-refractivity contribution in [3.63, 3.8) is 0 Å². The average molecular weight is 342 g/mol. The number of cyclic esters (lactones) is 1. The molecule has 0 spiro atoms. The number of hydrogen-bond donors (Lipinski definition) is 3. The normalized spacial score (nSPS) is 32.7. The van der Waals surface area contributed by atoms with Crippen molar-refractivity contribution in [2.75, 3.05) is 6.61 Å². The third-order valence-electron chi connectivity index (χ3n) is 6.05. The van der Waals surface area contributed by atoms with Crippen molar-refractivity contribution in [1.29, 1.82) is 0 Å². The molecular weight excluding hydrogens is 312 g/mol. The molecule has 0 aromatic carbocycles. The summed E-state index contributed by atoms with van der Waals surface area (Å²) in [6.45, 7) is 5.79. The van der Waals surface area contributed by atoms with Crippen LogP contribution in [-0.4, -0.2) is 41.0 Å².